The van der Waals surface area contributed by atoms with Crippen molar-refractivity contribution in [1.82, 2.24) is 5.32 Å². The summed E-state index contributed by atoms with van der Waals surface area (Å²) in [6.07, 6.45) is 4.94. The number of allylic oxidation sites excluding steroid dienone is 4. The van der Waals surface area contributed by atoms with Crippen molar-refractivity contribution in [3.8, 4) is 0 Å². The van der Waals surface area contributed by atoms with E-state index in [2.05, 4.69) is 10.3 Å². The van der Waals surface area contributed by atoms with Gasteiger partial charge in [-0.3, -0.25) is 0 Å². The summed E-state index contributed by atoms with van der Waals surface area (Å²) in [6.45, 7) is 1.15. The number of nitrogens with zero attached hydrogens (tertiary/aromatic N) is 1. The van der Waals surface area contributed by atoms with E-state index in [0.717, 1.165) is 19.4 Å². The number of halogens is 3. The zero-order valence-electron chi connectivity index (χ0n) is 12.6. The molecule has 1 heterocycles. The molecular weight excluding hydrogens is 295 g/mol. The van der Waals surface area contributed by atoms with Gasteiger partial charge in [0.25, 0.3) is 0 Å². The molecule has 4 nitrogen and oxygen atoms in total. The Bertz CT molecular complexity index is 465. The molecule has 0 aliphatic carbocycles. The maximum atomic E-state index is 12.6. The van der Waals surface area contributed by atoms with Gasteiger partial charge in [0.15, 0.2) is 0 Å². The minimum atomic E-state index is -4.63. The number of alkyl halides is 3. The second kappa shape index (κ2) is 9.30. The molecule has 0 saturated heterocycles. The molecule has 0 saturated carbocycles. The van der Waals surface area contributed by atoms with Gasteiger partial charge in [-0.25, -0.2) is 4.99 Å². The zero-order valence-corrected chi connectivity index (χ0v) is 12.6. The number of unbranched alkanes of at least 4 members (excludes halogenated alkanes) is 1. The Kier molecular flexibility index (Phi) is 7.73. The Balaban J connectivity index is 2.95. The van der Waals surface area contributed by atoms with Gasteiger partial charge in [0.05, 0.1) is 5.70 Å². The average Bonchev–Trinajstić information content (AvgIpc) is 2.55. The van der Waals surface area contributed by atoms with Gasteiger partial charge in [0.2, 0.25) is 5.84 Å². The molecule has 0 amide bonds. The van der Waals surface area contributed by atoms with E-state index in [1.807, 2.05) is 7.05 Å². The summed E-state index contributed by atoms with van der Waals surface area (Å²) in [5, 5.41) is 3.03. The number of nitrogens with one attached hydrogen (secondary N) is 1. The van der Waals surface area contributed by atoms with Crippen LogP contribution in [-0.2, 0) is 4.74 Å². The highest BCUT2D eigenvalue weighted by molar-refractivity contribution is 5.86. The number of hydrogen-bond donors (Lipinski definition) is 2. The lowest BCUT2D eigenvalue weighted by Crippen LogP contribution is -2.31. The molecule has 3 N–H and O–H groups in total. The van der Waals surface area contributed by atoms with Gasteiger partial charge in [-0.05, 0) is 32.5 Å². The second-order valence-corrected chi connectivity index (χ2v) is 4.80. The Morgan fingerprint density at radius 3 is 2.73 bits per heavy atom. The molecule has 0 radical (unpaired) electrons. The third kappa shape index (κ3) is 6.80. The van der Waals surface area contributed by atoms with Gasteiger partial charge >= 0.3 is 6.18 Å². The van der Waals surface area contributed by atoms with E-state index in [0.29, 0.717) is 18.8 Å². The second-order valence-electron chi connectivity index (χ2n) is 4.80. The normalized spacial score (nSPS) is 23.2. The monoisotopic (exact) mass is 317 g/mol. The van der Waals surface area contributed by atoms with Gasteiger partial charge in [-0.15, -0.1) is 0 Å². The van der Waals surface area contributed by atoms with E-state index >= 15 is 0 Å². The van der Waals surface area contributed by atoms with Crippen molar-refractivity contribution >= 4 is 5.84 Å². The van der Waals surface area contributed by atoms with Gasteiger partial charge in [-0.1, -0.05) is 18.2 Å². The number of aliphatic imine (C=N–C) groups is 1. The van der Waals surface area contributed by atoms with Crippen LogP contribution in [0.2, 0.25) is 0 Å². The number of rotatable bonds is 6. The Morgan fingerprint density at radius 1 is 1.32 bits per heavy atom. The Labute approximate surface area is 128 Å². The number of nitrogens with two attached hydrogens (primary N) is 1. The van der Waals surface area contributed by atoms with Crippen molar-refractivity contribution in [2.45, 2.75) is 31.9 Å². The molecule has 0 spiro atoms. The van der Waals surface area contributed by atoms with Crippen molar-refractivity contribution in [2.75, 3.05) is 20.2 Å². The molecule has 0 aromatic rings. The molecule has 0 aromatic carbocycles. The summed E-state index contributed by atoms with van der Waals surface area (Å²) in [5.41, 5.74) is 5.27. The fourth-order valence-corrected chi connectivity index (χ4v) is 1.86. The molecule has 1 aliphatic rings. The largest absolute Gasteiger partial charge is 0.492 e. The third-order valence-corrected chi connectivity index (χ3v) is 3.00. The van der Waals surface area contributed by atoms with Crippen LogP contribution in [0.15, 0.2) is 40.8 Å². The predicted molar refractivity (Wildman–Crippen MR) is 81.3 cm³/mol. The fourth-order valence-electron chi connectivity index (χ4n) is 1.86. The highest BCUT2D eigenvalue weighted by Gasteiger charge is 2.34. The number of hydrogen-bond acceptors (Lipinski definition) is 3. The SMILES string of the molecule is CNCCCC/C1=C(\N=C(N)C(F)(F)F)C/C=C\C=C/CO1. The van der Waals surface area contributed by atoms with Crippen LogP contribution in [0.5, 0.6) is 0 Å². The third-order valence-electron chi connectivity index (χ3n) is 3.00. The summed E-state index contributed by atoms with van der Waals surface area (Å²) in [7, 11) is 1.85. The van der Waals surface area contributed by atoms with Crippen LogP contribution in [0.25, 0.3) is 0 Å². The summed E-state index contributed by atoms with van der Waals surface area (Å²) in [4.78, 5) is 3.56. The van der Waals surface area contributed by atoms with Crippen LogP contribution in [-0.4, -0.2) is 32.2 Å². The molecule has 0 atom stereocenters. The quantitative estimate of drug-likeness (QED) is 0.450. The minimum Gasteiger partial charge on any atom is -0.492 e. The number of amidine groups is 1. The van der Waals surface area contributed by atoms with E-state index in [9.17, 15) is 13.2 Å². The first kappa shape index (κ1) is 18.3. The van der Waals surface area contributed by atoms with Crippen molar-refractivity contribution in [3.05, 3.63) is 35.8 Å². The van der Waals surface area contributed by atoms with E-state index < -0.39 is 12.0 Å². The van der Waals surface area contributed by atoms with E-state index in [1.165, 1.54) is 0 Å². The first-order valence-electron chi connectivity index (χ1n) is 7.17. The van der Waals surface area contributed by atoms with Gasteiger partial charge < -0.3 is 15.8 Å². The molecule has 1 rings (SSSR count). The van der Waals surface area contributed by atoms with E-state index in [4.69, 9.17) is 10.5 Å². The molecule has 22 heavy (non-hydrogen) atoms. The van der Waals surface area contributed by atoms with E-state index in [-0.39, 0.29) is 12.1 Å². The van der Waals surface area contributed by atoms with Crippen molar-refractivity contribution in [1.29, 1.82) is 0 Å². The zero-order chi connectivity index (χ0) is 16.4. The minimum absolute atomic E-state index is 0.235. The lowest BCUT2D eigenvalue weighted by Gasteiger charge is -2.13. The molecule has 0 fully saturated rings. The van der Waals surface area contributed by atoms with Crippen LogP contribution in [0, 0.1) is 0 Å². The fraction of sp³-hybridized carbons (Fsp3) is 0.533. The van der Waals surface area contributed by atoms with Crippen LogP contribution in [0.3, 0.4) is 0 Å². The van der Waals surface area contributed by atoms with Crippen LogP contribution in [0.4, 0.5) is 13.2 Å². The highest BCUT2D eigenvalue weighted by atomic mass is 19.4. The summed E-state index contributed by atoms with van der Waals surface area (Å²) < 4.78 is 43.3. The van der Waals surface area contributed by atoms with Crippen molar-refractivity contribution < 1.29 is 17.9 Å². The Morgan fingerprint density at radius 2 is 2.05 bits per heavy atom. The standard InChI is InChI=1S/C15H22F3N3O/c1-20-10-6-5-9-13-12(21-14(19)15(16,17)18)8-4-2-3-7-11-22-13/h2-4,7,20H,5-6,8-11H2,1H3,(H2,19,21)/b4-2-,7-3-,13-12+. The van der Waals surface area contributed by atoms with E-state index in [1.54, 1.807) is 24.3 Å². The average molecular weight is 317 g/mol. The van der Waals surface area contributed by atoms with Crippen molar-refractivity contribution in [3.63, 3.8) is 0 Å². The highest BCUT2D eigenvalue weighted by Crippen LogP contribution is 2.23. The van der Waals surface area contributed by atoms with Crippen LogP contribution < -0.4 is 11.1 Å². The smallest absolute Gasteiger partial charge is 0.448 e. The molecule has 1 aliphatic heterocycles. The predicted octanol–water partition coefficient (Wildman–Crippen LogP) is 3.04. The van der Waals surface area contributed by atoms with Crippen LogP contribution in [0.1, 0.15) is 25.7 Å². The maximum Gasteiger partial charge on any atom is 0.448 e. The topological polar surface area (TPSA) is 59.6 Å². The lowest BCUT2D eigenvalue weighted by molar-refractivity contribution is -0.0599. The summed E-state index contributed by atoms with van der Waals surface area (Å²) in [6, 6.07) is 0. The molecular formula is C15H22F3N3O. The lowest BCUT2D eigenvalue weighted by atomic mass is 10.1. The van der Waals surface area contributed by atoms with Gasteiger partial charge in [0.1, 0.15) is 12.4 Å². The summed E-state index contributed by atoms with van der Waals surface area (Å²) >= 11 is 0. The van der Waals surface area contributed by atoms with Gasteiger partial charge in [0, 0.05) is 12.8 Å². The van der Waals surface area contributed by atoms with Gasteiger partial charge in [-0.2, -0.15) is 13.2 Å². The summed E-state index contributed by atoms with van der Waals surface area (Å²) in [5.74, 6) is -0.876. The first-order valence-corrected chi connectivity index (χ1v) is 7.17. The maximum absolute atomic E-state index is 12.6. The van der Waals surface area contributed by atoms with Crippen molar-refractivity contribution in [2.24, 2.45) is 10.7 Å². The molecule has 0 unspecified atom stereocenters. The molecule has 7 heteroatoms. The molecule has 0 aromatic heterocycles. The molecule has 0 bridgehead atoms. The Hall–Kier alpha value is -1.76. The van der Waals surface area contributed by atoms with Crippen LogP contribution >= 0.6 is 0 Å². The first-order chi connectivity index (χ1) is 10.4. The molecule has 124 valence electrons. The number of ether oxygens (including phenoxy) is 1.